The summed E-state index contributed by atoms with van der Waals surface area (Å²) >= 11 is 0. The van der Waals surface area contributed by atoms with Gasteiger partial charge in [0.25, 0.3) is 5.91 Å². The number of phenols is 1. The smallest absolute Gasteiger partial charge is 0.274 e. The average Bonchev–Trinajstić information content (AvgIpc) is 2.43. The van der Waals surface area contributed by atoms with Crippen molar-refractivity contribution in [3.63, 3.8) is 0 Å². The molecule has 0 aliphatic heterocycles. The number of phenolic OH excluding ortho intramolecular Hbond substituents is 1. The largest absolute Gasteiger partial charge is 0.507 e. The summed E-state index contributed by atoms with van der Waals surface area (Å²) in [5, 5.41) is 13.0. The lowest BCUT2D eigenvalue weighted by Crippen LogP contribution is -2.19. The molecule has 0 atom stereocenters. The molecule has 0 bridgehead atoms. The Morgan fingerprint density at radius 3 is 2.70 bits per heavy atom. The summed E-state index contributed by atoms with van der Waals surface area (Å²) in [6.07, 6.45) is 1.20. The number of nitrogens with zero attached hydrogens (tertiary/aromatic N) is 1. The van der Waals surface area contributed by atoms with Gasteiger partial charge in [-0.2, -0.15) is 5.10 Å². The van der Waals surface area contributed by atoms with E-state index in [1.165, 1.54) is 12.3 Å². The van der Waals surface area contributed by atoms with Crippen molar-refractivity contribution in [2.45, 2.75) is 0 Å². The maximum absolute atomic E-state index is 13.3. The molecule has 0 heterocycles. The number of amides is 1. The molecule has 2 rings (SSSR count). The number of para-hydroxylation sites is 1. The zero-order valence-corrected chi connectivity index (χ0v) is 10.2. The standard InChI is InChI=1S/C14H10F2N2O2/c15-10-5-6-12(16)11(7-10)14(20)18-17-8-9-3-1-2-4-13(9)19/h1-8,19H,(H,18,20)/b17-8+. The highest BCUT2D eigenvalue weighted by atomic mass is 19.1. The van der Waals surface area contributed by atoms with Crippen LogP contribution in [0.4, 0.5) is 8.78 Å². The van der Waals surface area contributed by atoms with Crippen LogP contribution in [-0.4, -0.2) is 17.2 Å². The fourth-order valence-corrected chi connectivity index (χ4v) is 1.49. The number of hydrazone groups is 1. The van der Waals surface area contributed by atoms with Crippen LogP contribution in [0.3, 0.4) is 0 Å². The second-order valence-electron chi connectivity index (χ2n) is 3.88. The second-order valence-corrected chi connectivity index (χ2v) is 3.88. The van der Waals surface area contributed by atoms with Crippen molar-refractivity contribution in [1.29, 1.82) is 0 Å². The van der Waals surface area contributed by atoms with Crippen LogP contribution in [0, 0.1) is 11.6 Å². The molecule has 0 aliphatic rings. The highest BCUT2D eigenvalue weighted by Gasteiger charge is 2.11. The third kappa shape index (κ3) is 3.17. The monoisotopic (exact) mass is 276 g/mol. The fraction of sp³-hybridized carbons (Fsp3) is 0. The van der Waals surface area contributed by atoms with E-state index < -0.39 is 23.1 Å². The zero-order valence-electron chi connectivity index (χ0n) is 10.2. The molecule has 6 heteroatoms. The summed E-state index contributed by atoms with van der Waals surface area (Å²) in [5.41, 5.74) is 1.99. The summed E-state index contributed by atoms with van der Waals surface area (Å²) in [6, 6.07) is 8.89. The van der Waals surface area contributed by atoms with Gasteiger partial charge in [0.15, 0.2) is 0 Å². The maximum Gasteiger partial charge on any atom is 0.274 e. The molecule has 0 saturated heterocycles. The lowest BCUT2D eigenvalue weighted by Gasteiger charge is -2.02. The van der Waals surface area contributed by atoms with Crippen molar-refractivity contribution >= 4 is 12.1 Å². The van der Waals surface area contributed by atoms with Crippen LogP contribution in [0.1, 0.15) is 15.9 Å². The number of nitrogens with one attached hydrogen (secondary N) is 1. The number of hydrogen-bond acceptors (Lipinski definition) is 3. The Kier molecular flexibility index (Phi) is 4.05. The SMILES string of the molecule is O=C(N/N=C/c1ccccc1O)c1cc(F)ccc1F. The van der Waals surface area contributed by atoms with Gasteiger partial charge in [-0.25, -0.2) is 14.2 Å². The van der Waals surface area contributed by atoms with Gasteiger partial charge < -0.3 is 5.11 Å². The predicted molar refractivity (Wildman–Crippen MR) is 69.5 cm³/mol. The van der Waals surface area contributed by atoms with Crippen LogP contribution in [-0.2, 0) is 0 Å². The van der Waals surface area contributed by atoms with Crippen LogP contribution in [0.5, 0.6) is 5.75 Å². The van der Waals surface area contributed by atoms with Crippen LogP contribution in [0.2, 0.25) is 0 Å². The van der Waals surface area contributed by atoms with Gasteiger partial charge in [0, 0.05) is 5.56 Å². The number of carbonyl (C=O) groups excluding carboxylic acids is 1. The van der Waals surface area contributed by atoms with Gasteiger partial charge in [-0.05, 0) is 30.3 Å². The Balaban J connectivity index is 2.09. The van der Waals surface area contributed by atoms with Crippen LogP contribution < -0.4 is 5.43 Å². The second kappa shape index (κ2) is 5.92. The van der Waals surface area contributed by atoms with Gasteiger partial charge in [0.2, 0.25) is 0 Å². The summed E-state index contributed by atoms with van der Waals surface area (Å²) in [6.45, 7) is 0. The van der Waals surface area contributed by atoms with Crippen molar-refractivity contribution in [2.75, 3.05) is 0 Å². The summed E-state index contributed by atoms with van der Waals surface area (Å²) in [4.78, 5) is 11.6. The molecule has 20 heavy (non-hydrogen) atoms. The normalized spacial score (nSPS) is 10.7. The van der Waals surface area contributed by atoms with E-state index in [1.807, 2.05) is 0 Å². The molecule has 0 aliphatic carbocycles. The minimum Gasteiger partial charge on any atom is -0.507 e. The number of aromatic hydroxyl groups is 1. The summed E-state index contributed by atoms with van der Waals surface area (Å²) in [5.74, 6) is -2.46. The van der Waals surface area contributed by atoms with Gasteiger partial charge in [-0.3, -0.25) is 4.79 Å². The van der Waals surface area contributed by atoms with Gasteiger partial charge >= 0.3 is 0 Å². The molecule has 2 aromatic carbocycles. The molecule has 2 aromatic rings. The van der Waals surface area contributed by atoms with Crippen LogP contribution >= 0.6 is 0 Å². The maximum atomic E-state index is 13.3. The summed E-state index contributed by atoms with van der Waals surface area (Å²) < 4.78 is 26.2. The van der Waals surface area contributed by atoms with E-state index in [0.717, 1.165) is 18.2 Å². The zero-order chi connectivity index (χ0) is 14.5. The molecule has 2 N–H and O–H groups in total. The molecule has 102 valence electrons. The first-order valence-electron chi connectivity index (χ1n) is 5.64. The lowest BCUT2D eigenvalue weighted by atomic mass is 10.2. The van der Waals surface area contributed by atoms with E-state index in [4.69, 9.17) is 0 Å². The average molecular weight is 276 g/mol. The fourth-order valence-electron chi connectivity index (χ4n) is 1.49. The van der Waals surface area contributed by atoms with Crippen molar-refractivity contribution < 1.29 is 18.7 Å². The molecule has 4 nitrogen and oxygen atoms in total. The lowest BCUT2D eigenvalue weighted by molar-refractivity contribution is 0.0950. The highest BCUT2D eigenvalue weighted by Crippen LogP contribution is 2.13. The molecule has 0 radical (unpaired) electrons. The third-order valence-corrected chi connectivity index (χ3v) is 2.48. The Morgan fingerprint density at radius 1 is 1.20 bits per heavy atom. The van der Waals surface area contributed by atoms with E-state index in [-0.39, 0.29) is 5.75 Å². The topological polar surface area (TPSA) is 61.7 Å². The Labute approximate surface area is 113 Å². The minimum absolute atomic E-state index is 0.0116. The number of hydrogen-bond donors (Lipinski definition) is 2. The first-order chi connectivity index (χ1) is 9.58. The predicted octanol–water partition coefficient (Wildman–Crippen LogP) is 2.43. The van der Waals surface area contributed by atoms with Crippen LogP contribution in [0.15, 0.2) is 47.6 Å². The van der Waals surface area contributed by atoms with E-state index in [0.29, 0.717) is 5.56 Å². The number of halogens is 2. The molecule has 0 fully saturated rings. The van der Waals surface area contributed by atoms with E-state index >= 15 is 0 Å². The molecule has 1 amide bonds. The molecule has 0 saturated carbocycles. The van der Waals surface area contributed by atoms with Gasteiger partial charge in [-0.1, -0.05) is 12.1 Å². The van der Waals surface area contributed by atoms with Gasteiger partial charge in [0.05, 0.1) is 11.8 Å². The third-order valence-electron chi connectivity index (χ3n) is 2.48. The highest BCUT2D eigenvalue weighted by molar-refractivity contribution is 5.95. The number of carbonyl (C=O) groups is 1. The molecule has 0 spiro atoms. The van der Waals surface area contributed by atoms with Crippen molar-refractivity contribution in [2.24, 2.45) is 5.10 Å². The summed E-state index contributed by atoms with van der Waals surface area (Å²) in [7, 11) is 0. The Hall–Kier alpha value is -2.76. The Bertz CT molecular complexity index is 672. The van der Waals surface area contributed by atoms with Crippen molar-refractivity contribution in [3.05, 3.63) is 65.2 Å². The molecular weight excluding hydrogens is 266 g/mol. The van der Waals surface area contributed by atoms with Crippen LogP contribution in [0.25, 0.3) is 0 Å². The number of rotatable bonds is 3. The molecule has 0 aromatic heterocycles. The quantitative estimate of drug-likeness (QED) is 0.668. The van der Waals surface area contributed by atoms with E-state index in [1.54, 1.807) is 18.2 Å². The molecular formula is C14H10F2N2O2. The number of benzene rings is 2. The minimum atomic E-state index is -0.881. The van der Waals surface area contributed by atoms with Gasteiger partial charge in [-0.15, -0.1) is 0 Å². The van der Waals surface area contributed by atoms with Crippen molar-refractivity contribution in [1.82, 2.24) is 5.43 Å². The van der Waals surface area contributed by atoms with Crippen molar-refractivity contribution in [3.8, 4) is 5.75 Å². The van der Waals surface area contributed by atoms with E-state index in [9.17, 15) is 18.7 Å². The Morgan fingerprint density at radius 2 is 1.95 bits per heavy atom. The van der Waals surface area contributed by atoms with Gasteiger partial charge in [0.1, 0.15) is 17.4 Å². The molecule has 0 unspecified atom stereocenters. The van der Waals surface area contributed by atoms with E-state index in [2.05, 4.69) is 10.5 Å². The first-order valence-corrected chi connectivity index (χ1v) is 5.64. The first kappa shape index (κ1) is 13.7.